The van der Waals surface area contributed by atoms with Crippen molar-refractivity contribution in [3.63, 3.8) is 0 Å². The summed E-state index contributed by atoms with van der Waals surface area (Å²) in [6.07, 6.45) is 2.14. The fourth-order valence-corrected chi connectivity index (χ4v) is 3.02. The first-order valence-corrected chi connectivity index (χ1v) is 8.96. The number of carbonyl (C=O) groups is 1. The van der Waals surface area contributed by atoms with Gasteiger partial charge in [0.05, 0.1) is 17.7 Å². The Morgan fingerprint density at radius 3 is 2.65 bits per heavy atom. The summed E-state index contributed by atoms with van der Waals surface area (Å²) in [6, 6.07) is 16.0. The van der Waals surface area contributed by atoms with Crippen molar-refractivity contribution in [2.45, 2.75) is 13.5 Å². The maximum atomic E-state index is 12.1. The maximum Gasteiger partial charge on any atom is 0.338 e. The highest BCUT2D eigenvalue weighted by Crippen LogP contribution is 2.26. The van der Waals surface area contributed by atoms with Crippen LogP contribution in [-0.2, 0) is 11.3 Å². The second-order valence-electron chi connectivity index (χ2n) is 6.09. The Hall–Kier alpha value is -2.63. The molecule has 5 nitrogen and oxygen atoms in total. The highest BCUT2D eigenvalue weighted by molar-refractivity contribution is 5.96. The number of rotatable bonds is 8. The van der Waals surface area contributed by atoms with E-state index < -0.39 is 0 Å². The van der Waals surface area contributed by atoms with Crippen molar-refractivity contribution in [3.8, 4) is 5.69 Å². The lowest BCUT2D eigenvalue weighted by molar-refractivity contribution is 0.0526. The maximum absolute atomic E-state index is 12.1. The SMILES string of the molecule is CCOC(=O)c1ccc2c(c1)c(CNCCNC)cn2-c1ccccc1. The Balaban J connectivity index is 2.01. The molecule has 3 aromatic rings. The molecule has 2 N–H and O–H groups in total. The predicted octanol–water partition coefficient (Wildman–Crippen LogP) is 3.12. The molecule has 0 amide bonds. The summed E-state index contributed by atoms with van der Waals surface area (Å²) in [4.78, 5) is 12.1. The second-order valence-corrected chi connectivity index (χ2v) is 6.09. The van der Waals surface area contributed by atoms with Crippen LogP contribution in [0.25, 0.3) is 16.6 Å². The molecule has 26 heavy (non-hydrogen) atoms. The van der Waals surface area contributed by atoms with Crippen molar-refractivity contribution in [2.75, 3.05) is 26.7 Å². The third-order valence-electron chi connectivity index (χ3n) is 4.30. The molecule has 1 heterocycles. The van der Waals surface area contributed by atoms with Crippen LogP contribution in [0.5, 0.6) is 0 Å². The number of ether oxygens (including phenoxy) is 1. The van der Waals surface area contributed by atoms with Crippen LogP contribution in [0.1, 0.15) is 22.8 Å². The average Bonchev–Trinajstić information content (AvgIpc) is 3.04. The lowest BCUT2D eigenvalue weighted by atomic mass is 10.1. The van der Waals surface area contributed by atoms with E-state index in [0.717, 1.165) is 41.8 Å². The van der Waals surface area contributed by atoms with Gasteiger partial charge in [-0.25, -0.2) is 4.79 Å². The minimum absolute atomic E-state index is 0.282. The van der Waals surface area contributed by atoms with Crippen LogP contribution < -0.4 is 10.6 Å². The highest BCUT2D eigenvalue weighted by atomic mass is 16.5. The van der Waals surface area contributed by atoms with Crippen LogP contribution in [0, 0.1) is 0 Å². The van der Waals surface area contributed by atoms with E-state index in [9.17, 15) is 4.79 Å². The van der Waals surface area contributed by atoms with Crippen molar-refractivity contribution < 1.29 is 9.53 Å². The molecule has 0 spiro atoms. The molecular weight excluding hydrogens is 326 g/mol. The molecule has 0 bridgehead atoms. The Morgan fingerprint density at radius 1 is 1.12 bits per heavy atom. The first-order valence-electron chi connectivity index (χ1n) is 8.96. The third kappa shape index (κ3) is 3.95. The Bertz CT molecular complexity index is 872. The number of benzene rings is 2. The number of nitrogens with one attached hydrogen (secondary N) is 2. The zero-order valence-electron chi connectivity index (χ0n) is 15.3. The molecule has 3 rings (SSSR count). The summed E-state index contributed by atoms with van der Waals surface area (Å²) in [5, 5.41) is 7.64. The number of carbonyl (C=O) groups excluding carboxylic acids is 1. The van der Waals surface area contributed by atoms with Crippen LogP contribution in [0.2, 0.25) is 0 Å². The molecule has 0 aliphatic heterocycles. The van der Waals surface area contributed by atoms with E-state index >= 15 is 0 Å². The van der Waals surface area contributed by atoms with Crippen molar-refractivity contribution in [1.82, 2.24) is 15.2 Å². The van der Waals surface area contributed by atoms with E-state index in [2.05, 4.69) is 33.5 Å². The van der Waals surface area contributed by atoms with Crippen molar-refractivity contribution >= 4 is 16.9 Å². The average molecular weight is 351 g/mol. The number of aromatic nitrogens is 1. The summed E-state index contributed by atoms with van der Waals surface area (Å²) < 4.78 is 7.32. The van der Waals surface area contributed by atoms with Gasteiger partial charge in [-0.3, -0.25) is 0 Å². The lowest BCUT2D eigenvalue weighted by Crippen LogP contribution is -2.24. The summed E-state index contributed by atoms with van der Waals surface area (Å²) in [5.74, 6) is -0.282. The highest BCUT2D eigenvalue weighted by Gasteiger charge is 2.14. The summed E-state index contributed by atoms with van der Waals surface area (Å²) in [7, 11) is 1.94. The van der Waals surface area contributed by atoms with Gasteiger partial charge in [-0.05, 0) is 49.9 Å². The van der Waals surface area contributed by atoms with Crippen molar-refractivity contribution in [2.24, 2.45) is 0 Å². The molecule has 1 aromatic heterocycles. The second kappa shape index (κ2) is 8.65. The first-order chi connectivity index (χ1) is 12.7. The van der Waals surface area contributed by atoms with Gasteiger partial charge in [-0.15, -0.1) is 0 Å². The van der Waals surface area contributed by atoms with Crippen molar-refractivity contribution in [3.05, 3.63) is 65.9 Å². The van der Waals surface area contributed by atoms with Gasteiger partial charge >= 0.3 is 5.97 Å². The van der Waals surface area contributed by atoms with E-state index in [1.807, 2.05) is 50.4 Å². The molecule has 5 heteroatoms. The molecule has 0 aliphatic rings. The molecule has 0 saturated heterocycles. The Kier molecular flexibility index (Phi) is 6.04. The van der Waals surface area contributed by atoms with Gasteiger partial charge in [0.1, 0.15) is 0 Å². The zero-order valence-corrected chi connectivity index (χ0v) is 15.3. The van der Waals surface area contributed by atoms with Crippen LogP contribution in [0.4, 0.5) is 0 Å². The van der Waals surface area contributed by atoms with Crippen LogP contribution >= 0.6 is 0 Å². The molecule has 0 fully saturated rings. The molecular formula is C21H25N3O2. The minimum atomic E-state index is -0.282. The molecule has 0 unspecified atom stereocenters. The Morgan fingerprint density at radius 2 is 1.92 bits per heavy atom. The van der Waals surface area contributed by atoms with Gasteiger partial charge in [0.25, 0.3) is 0 Å². The monoisotopic (exact) mass is 351 g/mol. The molecule has 0 aliphatic carbocycles. The van der Waals surface area contributed by atoms with E-state index in [-0.39, 0.29) is 5.97 Å². The molecule has 136 valence electrons. The third-order valence-corrected chi connectivity index (χ3v) is 4.30. The topological polar surface area (TPSA) is 55.3 Å². The molecule has 2 aromatic carbocycles. The number of hydrogen-bond donors (Lipinski definition) is 2. The number of esters is 1. The zero-order chi connectivity index (χ0) is 18.4. The van der Waals surface area contributed by atoms with E-state index in [1.165, 1.54) is 0 Å². The smallest absolute Gasteiger partial charge is 0.338 e. The molecule has 0 saturated carbocycles. The number of nitrogens with zero attached hydrogens (tertiary/aromatic N) is 1. The number of likely N-dealkylation sites (N-methyl/N-ethyl adjacent to an activating group) is 1. The van der Waals surface area contributed by atoms with Crippen LogP contribution in [-0.4, -0.2) is 37.3 Å². The molecule has 0 atom stereocenters. The summed E-state index contributed by atoms with van der Waals surface area (Å²) in [5.41, 5.74) is 3.92. The van der Waals surface area contributed by atoms with Gasteiger partial charge in [-0.1, -0.05) is 18.2 Å². The molecule has 0 radical (unpaired) electrons. The minimum Gasteiger partial charge on any atom is -0.462 e. The van der Waals surface area contributed by atoms with Gasteiger partial charge in [-0.2, -0.15) is 0 Å². The van der Waals surface area contributed by atoms with Crippen molar-refractivity contribution in [1.29, 1.82) is 0 Å². The Labute approximate surface area is 154 Å². The lowest BCUT2D eigenvalue weighted by Gasteiger charge is -2.06. The standard InChI is InChI=1S/C21H25N3O2/c1-3-26-21(25)16-9-10-20-19(13-16)17(14-23-12-11-22-2)15-24(20)18-7-5-4-6-8-18/h4-10,13,15,22-23H,3,11-12,14H2,1-2H3. The van der Waals surface area contributed by atoms with Crippen LogP contribution in [0.3, 0.4) is 0 Å². The normalized spacial score (nSPS) is 11.0. The van der Waals surface area contributed by atoms with Gasteiger partial charge in [0.15, 0.2) is 0 Å². The first kappa shape index (κ1) is 18.2. The quantitative estimate of drug-likeness (QED) is 0.484. The van der Waals surface area contributed by atoms with E-state index in [4.69, 9.17) is 4.74 Å². The van der Waals surface area contributed by atoms with E-state index in [0.29, 0.717) is 12.2 Å². The predicted molar refractivity (Wildman–Crippen MR) is 105 cm³/mol. The van der Waals surface area contributed by atoms with Gasteiger partial charge < -0.3 is 19.9 Å². The fourth-order valence-electron chi connectivity index (χ4n) is 3.02. The van der Waals surface area contributed by atoms with Crippen LogP contribution in [0.15, 0.2) is 54.7 Å². The number of fused-ring (bicyclic) bond motifs is 1. The largest absolute Gasteiger partial charge is 0.462 e. The fraction of sp³-hybridized carbons (Fsp3) is 0.286. The summed E-state index contributed by atoms with van der Waals surface area (Å²) >= 11 is 0. The summed E-state index contributed by atoms with van der Waals surface area (Å²) in [6.45, 7) is 4.72. The number of para-hydroxylation sites is 1. The van der Waals surface area contributed by atoms with E-state index in [1.54, 1.807) is 0 Å². The van der Waals surface area contributed by atoms with Gasteiger partial charge in [0, 0.05) is 36.9 Å². The van der Waals surface area contributed by atoms with Gasteiger partial charge in [0.2, 0.25) is 0 Å². The number of hydrogen-bond acceptors (Lipinski definition) is 4.